The van der Waals surface area contributed by atoms with Gasteiger partial charge in [-0.25, -0.2) is 9.97 Å². The van der Waals surface area contributed by atoms with Gasteiger partial charge in [0.2, 0.25) is 0 Å². The lowest BCUT2D eigenvalue weighted by Gasteiger charge is -2.14. The van der Waals surface area contributed by atoms with E-state index in [1.807, 2.05) is 36.4 Å². The van der Waals surface area contributed by atoms with Crippen LogP contribution < -0.4 is 0 Å². The Balaban J connectivity index is 1.35. The number of benzene rings is 6. The molecule has 3 heterocycles. The second-order valence-electron chi connectivity index (χ2n) is 11.2. The molecule has 0 saturated carbocycles. The molecule has 0 aliphatic carbocycles. The summed E-state index contributed by atoms with van der Waals surface area (Å²) in [6, 6.07) is 21.0. The lowest BCUT2D eigenvalue weighted by molar-refractivity contribution is -0.138. The Labute approximate surface area is 273 Å². The van der Waals surface area contributed by atoms with Crippen molar-refractivity contribution in [2.45, 2.75) is 12.4 Å². The van der Waals surface area contributed by atoms with E-state index in [1.165, 1.54) is 24.3 Å². The summed E-state index contributed by atoms with van der Waals surface area (Å²) in [5.41, 5.74) is 5.45. The minimum absolute atomic E-state index is 0.514. The van der Waals surface area contributed by atoms with Gasteiger partial charge in [-0.2, -0.15) is 43.8 Å². The Bertz CT molecular complexity index is 2560. The summed E-state index contributed by atoms with van der Waals surface area (Å²) in [6.45, 7) is 0. The second-order valence-corrected chi connectivity index (χ2v) is 12.3. The molecule has 0 fully saturated rings. The minimum atomic E-state index is -4.47. The maximum absolute atomic E-state index is 13.3. The first-order valence-electron chi connectivity index (χ1n) is 14.3. The summed E-state index contributed by atoms with van der Waals surface area (Å²) < 4.78 is 97.5. The van der Waals surface area contributed by atoms with Gasteiger partial charge in [0.15, 0.2) is 0 Å². The third kappa shape index (κ3) is 4.39. The monoisotopic (exact) mass is 684 g/mol. The number of nitrogens with zero attached hydrogens (tertiary/aromatic N) is 6. The van der Waals surface area contributed by atoms with Crippen molar-refractivity contribution in [3.63, 3.8) is 0 Å². The van der Waals surface area contributed by atoms with Gasteiger partial charge in [-0.3, -0.25) is 0 Å². The molecule has 3 aromatic heterocycles. The Morgan fingerprint density at radius 2 is 0.688 bits per heavy atom. The fourth-order valence-corrected chi connectivity index (χ4v) is 7.25. The summed E-state index contributed by atoms with van der Waals surface area (Å²) in [4.78, 5) is 10.2. The number of halogens is 6. The van der Waals surface area contributed by atoms with Crippen LogP contribution in [0.2, 0.25) is 0 Å². The second kappa shape index (κ2) is 10.1. The first-order valence-corrected chi connectivity index (χ1v) is 15.7. The highest BCUT2D eigenvalue weighted by Crippen LogP contribution is 2.41. The first-order chi connectivity index (χ1) is 23.0. The van der Waals surface area contributed by atoms with Crippen molar-refractivity contribution in [1.29, 1.82) is 0 Å². The van der Waals surface area contributed by atoms with E-state index >= 15 is 0 Å². The molecule has 9 aromatic rings. The smallest absolute Gasteiger partial charge is 0.241 e. The summed E-state index contributed by atoms with van der Waals surface area (Å²) in [6.07, 6.45) is -8.93. The molecule has 0 unspecified atom stereocenters. The van der Waals surface area contributed by atoms with Gasteiger partial charge in [0.25, 0.3) is 0 Å². The van der Waals surface area contributed by atoms with E-state index in [1.54, 1.807) is 0 Å². The van der Waals surface area contributed by atoms with E-state index in [0.29, 0.717) is 66.4 Å². The van der Waals surface area contributed by atoms with Crippen molar-refractivity contribution in [2.75, 3.05) is 0 Å². The van der Waals surface area contributed by atoms with E-state index in [-0.39, 0.29) is 0 Å². The molecule has 6 nitrogen and oxygen atoms in total. The Morgan fingerprint density at radius 1 is 0.354 bits per heavy atom. The van der Waals surface area contributed by atoms with Crippen molar-refractivity contribution in [1.82, 2.24) is 27.5 Å². The summed E-state index contributed by atoms with van der Waals surface area (Å²) in [7, 11) is 0. The molecule has 0 aliphatic rings. The summed E-state index contributed by atoms with van der Waals surface area (Å²) in [5, 5.41) is 2.92. The predicted molar refractivity (Wildman–Crippen MR) is 175 cm³/mol. The molecule has 234 valence electrons. The average Bonchev–Trinajstić information content (AvgIpc) is 3.78. The largest absolute Gasteiger partial charge is 0.416 e. The van der Waals surface area contributed by atoms with Crippen LogP contribution in [0.15, 0.2) is 84.9 Å². The van der Waals surface area contributed by atoms with Crippen LogP contribution in [0.25, 0.3) is 87.9 Å². The lowest BCUT2D eigenvalue weighted by Crippen LogP contribution is -2.04. The molecule has 0 N–H and O–H groups in total. The molecule has 9 rings (SSSR count). The zero-order valence-corrected chi connectivity index (χ0v) is 25.5. The van der Waals surface area contributed by atoms with Crippen LogP contribution in [-0.2, 0) is 12.4 Å². The third-order valence-electron chi connectivity index (χ3n) is 8.48. The standard InChI is InChI=1S/C34H14F6N6S2/c35-33(36,37)19-7-1-15(2-8-19)17-5-11-21-23(13-17)24-14-18(16-3-9-20(10-4-16)34(38,39)40)6-12-22(24)26-25(21)41-27-28(42-26)30-32(46-48-44-30)31-29(27)43-47-45-31/h1-14H. The van der Waals surface area contributed by atoms with Gasteiger partial charge in [0.1, 0.15) is 33.1 Å². The third-order valence-corrected chi connectivity index (χ3v) is 9.53. The normalized spacial score (nSPS) is 12.8. The highest BCUT2D eigenvalue weighted by molar-refractivity contribution is 7.01. The average molecular weight is 685 g/mol. The molecule has 48 heavy (non-hydrogen) atoms. The number of fused-ring (bicyclic) bond motifs is 12. The Hall–Kier alpha value is -5.34. The van der Waals surface area contributed by atoms with Crippen molar-refractivity contribution in [2.24, 2.45) is 0 Å². The van der Waals surface area contributed by atoms with Gasteiger partial charge in [-0.15, -0.1) is 0 Å². The van der Waals surface area contributed by atoms with Crippen molar-refractivity contribution in [3.8, 4) is 22.3 Å². The number of rotatable bonds is 2. The number of hydrogen-bond donors (Lipinski definition) is 0. The quantitative estimate of drug-likeness (QED) is 0.102. The first kappa shape index (κ1) is 28.8. The van der Waals surface area contributed by atoms with Crippen molar-refractivity contribution < 1.29 is 26.3 Å². The predicted octanol–water partition coefficient (Wildman–Crippen LogP) is 10.5. The van der Waals surface area contributed by atoms with Crippen LogP contribution in [-0.4, -0.2) is 27.5 Å². The van der Waals surface area contributed by atoms with E-state index < -0.39 is 23.5 Å². The lowest BCUT2D eigenvalue weighted by atomic mass is 9.93. The molecular formula is C34H14F6N6S2. The Kier molecular flexibility index (Phi) is 6.06. The van der Waals surface area contributed by atoms with Crippen LogP contribution in [0, 0.1) is 0 Å². The summed E-state index contributed by atoms with van der Waals surface area (Å²) in [5.74, 6) is 0. The van der Waals surface area contributed by atoms with Gasteiger partial charge in [-0.05, 0) is 69.4 Å². The van der Waals surface area contributed by atoms with Gasteiger partial charge in [-0.1, -0.05) is 48.5 Å². The Morgan fingerprint density at radius 3 is 1.04 bits per heavy atom. The SMILES string of the molecule is FC(F)(F)c1ccc(-c2ccc3c(c2)c2cc(-c4ccc(C(F)(F)F)cc4)ccc2c2nc4c5nsnc5c5nsnc5c4nc32)cc1. The highest BCUT2D eigenvalue weighted by atomic mass is 32.1. The van der Waals surface area contributed by atoms with Gasteiger partial charge in [0.05, 0.1) is 45.6 Å². The molecule has 0 saturated heterocycles. The van der Waals surface area contributed by atoms with Crippen molar-refractivity contribution in [3.05, 3.63) is 96.1 Å². The summed E-state index contributed by atoms with van der Waals surface area (Å²) >= 11 is 2.07. The van der Waals surface area contributed by atoms with Gasteiger partial charge >= 0.3 is 12.4 Å². The van der Waals surface area contributed by atoms with Gasteiger partial charge < -0.3 is 0 Å². The number of aromatic nitrogens is 6. The number of alkyl halides is 6. The fourth-order valence-electron chi connectivity index (χ4n) is 6.15. The molecule has 0 aliphatic heterocycles. The van der Waals surface area contributed by atoms with Gasteiger partial charge in [0, 0.05) is 10.8 Å². The maximum Gasteiger partial charge on any atom is 0.416 e. The zero-order chi connectivity index (χ0) is 32.9. The van der Waals surface area contributed by atoms with E-state index in [9.17, 15) is 26.3 Å². The topological polar surface area (TPSA) is 77.3 Å². The highest BCUT2D eigenvalue weighted by Gasteiger charge is 2.31. The molecular weight excluding hydrogens is 671 g/mol. The zero-order valence-electron chi connectivity index (χ0n) is 23.9. The molecule has 14 heteroatoms. The van der Waals surface area contributed by atoms with Crippen LogP contribution in [0.1, 0.15) is 11.1 Å². The van der Waals surface area contributed by atoms with E-state index in [0.717, 1.165) is 69.3 Å². The van der Waals surface area contributed by atoms with Crippen LogP contribution in [0.3, 0.4) is 0 Å². The maximum atomic E-state index is 13.3. The number of hydrogen-bond acceptors (Lipinski definition) is 8. The minimum Gasteiger partial charge on any atom is -0.241 e. The van der Waals surface area contributed by atoms with E-state index in [4.69, 9.17) is 9.97 Å². The van der Waals surface area contributed by atoms with Crippen molar-refractivity contribution >= 4 is 89.1 Å². The fraction of sp³-hybridized carbons (Fsp3) is 0.0588. The van der Waals surface area contributed by atoms with Crippen LogP contribution >= 0.6 is 23.5 Å². The molecule has 6 aromatic carbocycles. The van der Waals surface area contributed by atoms with Crippen LogP contribution in [0.5, 0.6) is 0 Å². The molecule has 0 spiro atoms. The van der Waals surface area contributed by atoms with E-state index in [2.05, 4.69) is 17.5 Å². The van der Waals surface area contributed by atoms with Crippen LogP contribution in [0.4, 0.5) is 26.3 Å². The molecule has 0 amide bonds. The molecule has 0 bridgehead atoms. The molecule has 0 radical (unpaired) electrons. The molecule has 0 atom stereocenters.